The maximum absolute atomic E-state index is 12.3. The van der Waals surface area contributed by atoms with Gasteiger partial charge in [-0.2, -0.15) is 0 Å². The number of benzene rings is 1. The van der Waals surface area contributed by atoms with Crippen molar-refractivity contribution in [2.24, 2.45) is 0 Å². The summed E-state index contributed by atoms with van der Waals surface area (Å²) in [5.74, 6) is 0.192. The first kappa shape index (κ1) is 19.3. The topological polar surface area (TPSA) is 101 Å². The van der Waals surface area contributed by atoms with Crippen molar-refractivity contribution in [2.45, 2.75) is 38.6 Å². The van der Waals surface area contributed by atoms with Crippen LogP contribution in [0.1, 0.15) is 43.2 Å². The van der Waals surface area contributed by atoms with Crippen molar-refractivity contribution in [2.75, 3.05) is 16.8 Å². The predicted octanol–water partition coefficient (Wildman–Crippen LogP) is 2.43. The van der Waals surface area contributed by atoms with Crippen LogP contribution in [-0.4, -0.2) is 41.8 Å². The highest BCUT2D eigenvalue weighted by atomic mass is 32.2. The minimum absolute atomic E-state index is 0.0188. The fraction of sp³-hybridized carbons (Fsp3) is 0.421. The van der Waals surface area contributed by atoms with Gasteiger partial charge in [0.15, 0.2) is 9.84 Å². The molecule has 1 atom stereocenters. The zero-order chi connectivity index (χ0) is 19.7. The van der Waals surface area contributed by atoms with Gasteiger partial charge in [-0.1, -0.05) is 32.9 Å². The lowest BCUT2D eigenvalue weighted by Crippen LogP contribution is -2.36. The van der Waals surface area contributed by atoms with Crippen molar-refractivity contribution in [3.05, 3.63) is 47.9 Å². The van der Waals surface area contributed by atoms with E-state index in [4.69, 9.17) is 0 Å². The van der Waals surface area contributed by atoms with Crippen LogP contribution in [-0.2, 0) is 15.3 Å². The molecule has 1 aliphatic rings. The van der Waals surface area contributed by atoms with Crippen molar-refractivity contribution in [3.8, 4) is 0 Å². The molecule has 2 aromatic rings. The van der Waals surface area contributed by atoms with E-state index in [0.29, 0.717) is 12.2 Å². The molecule has 0 bridgehead atoms. The number of nitrogens with zero attached hydrogens (tertiary/aromatic N) is 2. The number of carbonyl (C=O) groups is 1. The molecule has 0 aliphatic carbocycles. The number of hydrogen-bond acceptors (Lipinski definition) is 6. The maximum Gasteiger partial charge on any atom is 0.270 e. The van der Waals surface area contributed by atoms with E-state index < -0.39 is 15.7 Å². The molecular formula is C19H24N4O3S. The Balaban J connectivity index is 1.67. The first-order valence-corrected chi connectivity index (χ1v) is 10.7. The third-order valence-corrected chi connectivity index (χ3v) is 6.26. The van der Waals surface area contributed by atoms with E-state index in [2.05, 4.69) is 53.5 Å². The molecule has 1 fully saturated rings. The molecule has 0 saturated carbocycles. The molecule has 144 valence electrons. The second-order valence-corrected chi connectivity index (χ2v) is 10.0. The van der Waals surface area contributed by atoms with E-state index >= 15 is 0 Å². The zero-order valence-electron chi connectivity index (χ0n) is 15.7. The highest BCUT2D eigenvalue weighted by Crippen LogP contribution is 2.24. The van der Waals surface area contributed by atoms with Gasteiger partial charge >= 0.3 is 0 Å². The van der Waals surface area contributed by atoms with E-state index in [9.17, 15) is 13.2 Å². The Labute approximate surface area is 159 Å². The molecule has 7 nitrogen and oxygen atoms in total. The number of hydrogen-bond donors (Lipinski definition) is 2. The summed E-state index contributed by atoms with van der Waals surface area (Å²) in [5.41, 5.74) is 2.35. The largest absolute Gasteiger partial charge is 0.347 e. The molecule has 8 heteroatoms. The molecular weight excluding hydrogens is 364 g/mol. The van der Waals surface area contributed by atoms with Crippen LogP contribution >= 0.6 is 0 Å². The highest BCUT2D eigenvalue weighted by Gasteiger charge is 2.29. The van der Waals surface area contributed by atoms with Gasteiger partial charge in [0.2, 0.25) is 0 Å². The first-order chi connectivity index (χ1) is 12.6. The molecule has 1 saturated heterocycles. The smallest absolute Gasteiger partial charge is 0.270 e. The lowest BCUT2D eigenvalue weighted by Gasteiger charge is -2.19. The van der Waals surface area contributed by atoms with Gasteiger partial charge in [0.05, 0.1) is 11.5 Å². The summed E-state index contributed by atoms with van der Waals surface area (Å²) >= 11 is 0. The highest BCUT2D eigenvalue weighted by molar-refractivity contribution is 7.91. The van der Waals surface area contributed by atoms with Crippen LogP contribution in [0, 0.1) is 0 Å². The predicted molar refractivity (Wildman–Crippen MR) is 105 cm³/mol. The van der Waals surface area contributed by atoms with Gasteiger partial charge < -0.3 is 10.6 Å². The van der Waals surface area contributed by atoms with Gasteiger partial charge in [0.25, 0.3) is 5.91 Å². The lowest BCUT2D eigenvalue weighted by molar-refractivity contribution is 0.0936. The van der Waals surface area contributed by atoms with Gasteiger partial charge in [-0.15, -0.1) is 0 Å². The summed E-state index contributed by atoms with van der Waals surface area (Å²) in [6, 6.07) is 9.22. The summed E-state index contributed by atoms with van der Waals surface area (Å²) in [6.45, 7) is 6.46. The summed E-state index contributed by atoms with van der Waals surface area (Å²) in [7, 11) is -3.05. The Morgan fingerprint density at radius 3 is 2.44 bits per heavy atom. The lowest BCUT2D eigenvalue weighted by atomic mass is 9.87. The fourth-order valence-electron chi connectivity index (χ4n) is 2.92. The fourth-order valence-corrected chi connectivity index (χ4v) is 4.59. The van der Waals surface area contributed by atoms with Crippen molar-refractivity contribution >= 4 is 27.2 Å². The number of rotatable bonds is 4. The first-order valence-electron chi connectivity index (χ1n) is 8.83. The number of sulfone groups is 1. The molecule has 1 aliphatic heterocycles. The van der Waals surface area contributed by atoms with Crippen molar-refractivity contribution in [3.63, 3.8) is 0 Å². The maximum atomic E-state index is 12.3. The molecule has 1 aromatic carbocycles. The molecule has 3 rings (SSSR count). The van der Waals surface area contributed by atoms with Crippen LogP contribution in [0.4, 0.5) is 11.5 Å². The quantitative estimate of drug-likeness (QED) is 0.834. The number of carbonyl (C=O) groups excluding carboxylic acids is 1. The van der Waals surface area contributed by atoms with Gasteiger partial charge in [0.1, 0.15) is 17.8 Å². The summed E-state index contributed by atoms with van der Waals surface area (Å²) < 4.78 is 23.0. The molecule has 2 heterocycles. The third-order valence-electron chi connectivity index (χ3n) is 4.49. The van der Waals surface area contributed by atoms with Crippen LogP contribution in [0.5, 0.6) is 0 Å². The Morgan fingerprint density at radius 1 is 1.15 bits per heavy atom. The zero-order valence-corrected chi connectivity index (χ0v) is 16.5. The average molecular weight is 388 g/mol. The molecule has 0 radical (unpaired) electrons. The van der Waals surface area contributed by atoms with Gasteiger partial charge in [0, 0.05) is 17.8 Å². The van der Waals surface area contributed by atoms with Gasteiger partial charge in [-0.25, -0.2) is 18.4 Å². The Hall–Kier alpha value is -2.48. The van der Waals surface area contributed by atoms with Gasteiger partial charge in [-0.05, 0) is 29.5 Å². The van der Waals surface area contributed by atoms with Crippen LogP contribution in [0.3, 0.4) is 0 Å². The number of anilines is 2. The molecule has 0 spiro atoms. The van der Waals surface area contributed by atoms with Crippen molar-refractivity contribution in [1.29, 1.82) is 0 Å². The second kappa shape index (κ2) is 7.26. The monoisotopic (exact) mass is 388 g/mol. The Bertz CT molecular complexity index is 934. The van der Waals surface area contributed by atoms with Crippen molar-refractivity contribution < 1.29 is 13.2 Å². The van der Waals surface area contributed by atoms with Gasteiger partial charge in [-0.3, -0.25) is 4.79 Å². The molecule has 1 amide bonds. The summed E-state index contributed by atoms with van der Waals surface area (Å²) in [4.78, 5) is 20.5. The minimum Gasteiger partial charge on any atom is -0.347 e. The summed E-state index contributed by atoms with van der Waals surface area (Å²) in [6.07, 6.45) is 1.75. The van der Waals surface area contributed by atoms with E-state index in [1.807, 2.05) is 12.1 Å². The summed E-state index contributed by atoms with van der Waals surface area (Å²) in [5, 5.41) is 5.89. The standard InChI is InChI=1S/C19H24N4O3S/c1-19(2,3)13-4-6-14(7-5-13)22-17-10-16(20-12-21-17)18(24)23-15-8-9-27(25,26)11-15/h4-7,10,12,15H,8-9,11H2,1-3H3,(H,23,24)(H,20,21,22). The molecule has 2 N–H and O–H groups in total. The van der Waals surface area contributed by atoms with Crippen LogP contribution < -0.4 is 10.6 Å². The number of nitrogens with one attached hydrogen (secondary N) is 2. The SMILES string of the molecule is CC(C)(C)c1ccc(Nc2cc(C(=O)NC3CCS(=O)(=O)C3)ncn2)cc1. The normalized spacial score (nSPS) is 18.9. The van der Waals surface area contributed by atoms with E-state index in [-0.39, 0.29) is 28.7 Å². The second-order valence-electron chi connectivity index (χ2n) is 7.81. The van der Waals surface area contributed by atoms with E-state index in [0.717, 1.165) is 5.69 Å². The van der Waals surface area contributed by atoms with Crippen LogP contribution in [0.2, 0.25) is 0 Å². The Morgan fingerprint density at radius 2 is 1.85 bits per heavy atom. The molecule has 1 unspecified atom stereocenters. The minimum atomic E-state index is -3.05. The third kappa shape index (κ3) is 5.03. The molecule has 27 heavy (non-hydrogen) atoms. The molecule has 1 aromatic heterocycles. The van der Waals surface area contributed by atoms with E-state index in [1.165, 1.54) is 11.9 Å². The van der Waals surface area contributed by atoms with Crippen molar-refractivity contribution in [1.82, 2.24) is 15.3 Å². The Kier molecular flexibility index (Phi) is 5.19. The van der Waals surface area contributed by atoms with Crippen LogP contribution in [0.15, 0.2) is 36.7 Å². The number of aromatic nitrogens is 2. The van der Waals surface area contributed by atoms with E-state index in [1.54, 1.807) is 6.07 Å². The number of amides is 1. The van der Waals surface area contributed by atoms with Crippen LogP contribution in [0.25, 0.3) is 0 Å². The average Bonchev–Trinajstić information content (AvgIpc) is 2.93.